The molecule has 3 heterocycles. The van der Waals surface area contributed by atoms with Crippen LogP contribution in [0.5, 0.6) is 0 Å². The lowest BCUT2D eigenvalue weighted by Crippen LogP contribution is -2.48. The number of amides is 1. The van der Waals surface area contributed by atoms with E-state index < -0.39 is 0 Å². The van der Waals surface area contributed by atoms with Gasteiger partial charge in [-0.15, -0.1) is 10.2 Å². The van der Waals surface area contributed by atoms with Crippen molar-refractivity contribution in [3.8, 4) is 11.5 Å². The first-order valence-corrected chi connectivity index (χ1v) is 11.5. The fraction of sp³-hybridized carbons (Fsp3) is 0.435. The average molecular weight is 425 g/mol. The molecule has 4 rings (SSSR count). The number of carbonyl (C=O) groups is 1. The summed E-state index contributed by atoms with van der Waals surface area (Å²) in [5.41, 5.74) is 3.63. The Bertz CT molecular complexity index is 942. The first-order valence-electron chi connectivity index (χ1n) is 10.5. The molecule has 0 atom stereocenters. The highest BCUT2D eigenvalue weighted by Gasteiger charge is 2.21. The maximum Gasteiger partial charge on any atom is 0.248 e. The molecular weight excluding hydrogens is 396 g/mol. The predicted octanol–water partition coefficient (Wildman–Crippen LogP) is 4.20. The van der Waals surface area contributed by atoms with Crippen molar-refractivity contribution in [1.29, 1.82) is 0 Å². The molecule has 0 saturated carbocycles. The highest BCUT2D eigenvalue weighted by Crippen LogP contribution is 2.21. The molecule has 158 valence electrons. The van der Waals surface area contributed by atoms with Gasteiger partial charge in [0.05, 0.1) is 0 Å². The van der Waals surface area contributed by atoms with E-state index in [4.69, 9.17) is 4.42 Å². The van der Waals surface area contributed by atoms with E-state index >= 15 is 0 Å². The van der Waals surface area contributed by atoms with Crippen LogP contribution in [0, 0.1) is 0 Å². The molecule has 1 saturated heterocycles. The number of aryl methyl sites for hydroxylation is 1. The summed E-state index contributed by atoms with van der Waals surface area (Å²) >= 11 is 1.59. The molecule has 30 heavy (non-hydrogen) atoms. The number of piperazine rings is 1. The number of aromatic nitrogens is 2. The van der Waals surface area contributed by atoms with E-state index in [0.717, 1.165) is 38.3 Å². The molecule has 0 spiro atoms. The summed E-state index contributed by atoms with van der Waals surface area (Å²) in [7, 11) is 0. The van der Waals surface area contributed by atoms with Crippen LogP contribution in [0.15, 0.2) is 45.5 Å². The zero-order valence-corrected chi connectivity index (χ0v) is 18.4. The number of benzene rings is 1. The lowest BCUT2D eigenvalue weighted by molar-refractivity contribution is -0.133. The van der Waals surface area contributed by atoms with Crippen molar-refractivity contribution in [3.63, 3.8) is 0 Å². The number of rotatable bonds is 7. The highest BCUT2D eigenvalue weighted by atomic mass is 32.1. The smallest absolute Gasteiger partial charge is 0.248 e. The van der Waals surface area contributed by atoms with E-state index in [1.165, 1.54) is 11.1 Å². The van der Waals surface area contributed by atoms with Crippen LogP contribution in [0.2, 0.25) is 0 Å². The van der Waals surface area contributed by atoms with E-state index in [1.54, 1.807) is 11.3 Å². The molecule has 1 amide bonds. The third-order valence-electron chi connectivity index (χ3n) is 5.57. The highest BCUT2D eigenvalue weighted by molar-refractivity contribution is 7.08. The Kier molecular flexibility index (Phi) is 6.59. The third kappa shape index (κ3) is 5.15. The van der Waals surface area contributed by atoms with Gasteiger partial charge in [0.25, 0.3) is 0 Å². The quantitative estimate of drug-likeness (QED) is 0.569. The van der Waals surface area contributed by atoms with Gasteiger partial charge in [0, 0.05) is 56.5 Å². The Balaban J connectivity index is 1.21. The monoisotopic (exact) mass is 424 g/mol. The van der Waals surface area contributed by atoms with Crippen LogP contribution in [-0.2, 0) is 17.8 Å². The summed E-state index contributed by atoms with van der Waals surface area (Å²) in [6.07, 6.45) is 0.889. The van der Waals surface area contributed by atoms with Crippen molar-refractivity contribution >= 4 is 17.2 Å². The molecule has 1 fully saturated rings. The van der Waals surface area contributed by atoms with Crippen LogP contribution in [0.3, 0.4) is 0 Å². The maximum atomic E-state index is 12.6. The average Bonchev–Trinajstić information content (AvgIpc) is 3.45. The molecule has 1 aromatic carbocycles. The minimum absolute atomic E-state index is 0.159. The normalized spacial score (nSPS) is 15.1. The van der Waals surface area contributed by atoms with Gasteiger partial charge in [0.2, 0.25) is 17.7 Å². The first-order chi connectivity index (χ1) is 14.6. The maximum absolute atomic E-state index is 12.6. The summed E-state index contributed by atoms with van der Waals surface area (Å²) < 4.78 is 5.68. The molecule has 0 bridgehead atoms. The molecule has 1 aliphatic rings. The molecule has 7 heteroatoms. The molecule has 6 nitrogen and oxygen atoms in total. The fourth-order valence-corrected chi connectivity index (χ4v) is 4.28. The van der Waals surface area contributed by atoms with Crippen molar-refractivity contribution < 1.29 is 9.21 Å². The van der Waals surface area contributed by atoms with E-state index in [0.29, 0.717) is 30.5 Å². The van der Waals surface area contributed by atoms with Crippen LogP contribution in [0.1, 0.15) is 43.2 Å². The van der Waals surface area contributed by atoms with Gasteiger partial charge in [-0.05, 0) is 28.5 Å². The van der Waals surface area contributed by atoms with Gasteiger partial charge in [-0.1, -0.05) is 38.1 Å². The zero-order valence-electron chi connectivity index (χ0n) is 17.6. The van der Waals surface area contributed by atoms with Crippen molar-refractivity contribution in [2.75, 3.05) is 26.2 Å². The van der Waals surface area contributed by atoms with Crippen molar-refractivity contribution in [3.05, 3.63) is 58.1 Å². The SMILES string of the molecule is CC(C)c1ccc(CN2CCN(C(=O)CCc3nnc(-c4ccsc4)o3)CC2)cc1. The van der Waals surface area contributed by atoms with Gasteiger partial charge in [-0.3, -0.25) is 9.69 Å². The molecule has 3 aromatic rings. The van der Waals surface area contributed by atoms with Gasteiger partial charge in [-0.2, -0.15) is 11.3 Å². The Morgan fingerprint density at radius 1 is 1.10 bits per heavy atom. The van der Waals surface area contributed by atoms with Crippen molar-refractivity contribution in [2.24, 2.45) is 0 Å². The lowest BCUT2D eigenvalue weighted by atomic mass is 10.0. The molecule has 0 unspecified atom stereocenters. The summed E-state index contributed by atoms with van der Waals surface area (Å²) in [4.78, 5) is 17.0. The minimum atomic E-state index is 0.159. The number of nitrogens with zero attached hydrogens (tertiary/aromatic N) is 4. The molecule has 1 aliphatic heterocycles. The van der Waals surface area contributed by atoms with Crippen LogP contribution in [0.25, 0.3) is 11.5 Å². The standard InChI is InChI=1S/C23H28N4O2S/c1-17(2)19-5-3-18(4-6-19)15-26-10-12-27(13-11-26)22(28)8-7-21-24-25-23(29-21)20-9-14-30-16-20/h3-6,9,14,16-17H,7-8,10-13,15H2,1-2H3. The van der Waals surface area contributed by atoms with E-state index in [-0.39, 0.29) is 5.91 Å². The van der Waals surface area contributed by atoms with Crippen molar-refractivity contribution in [2.45, 2.75) is 39.2 Å². The lowest BCUT2D eigenvalue weighted by Gasteiger charge is -2.34. The van der Waals surface area contributed by atoms with E-state index in [1.807, 2.05) is 21.7 Å². The predicted molar refractivity (Wildman–Crippen MR) is 118 cm³/mol. The van der Waals surface area contributed by atoms with Crippen LogP contribution < -0.4 is 0 Å². The fourth-order valence-electron chi connectivity index (χ4n) is 3.65. The number of thiophene rings is 1. The Hall–Kier alpha value is -2.51. The number of carbonyl (C=O) groups excluding carboxylic acids is 1. The molecule has 0 radical (unpaired) electrons. The van der Waals surface area contributed by atoms with Gasteiger partial charge in [0.1, 0.15) is 0 Å². The van der Waals surface area contributed by atoms with Crippen LogP contribution in [0.4, 0.5) is 0 Å². The Labute approximate surface area is 181 Å². The second kappa shape index (κ2) is 9.53. The minimum Gasteiger partial charge on any atom is -0.421 e. The molecular formula is C23H28N4O2S. The van der Waals surface area contributed by atoms with Crippen LogP contribution in [-0.4, -0.2) is 52.1 Å². The zero-order chi connectivity index (χ0) is 20.9. The van der Waals surface area contributed by atoms with Gasteiger partial charge >= 0.3 is 0 Å². The second-order valence-electron chi connectivity index (χ2n) is 8.07. The molecule has 2 aromatic heterocycles. The van der Waals surface area contributed by atoms with Crippen molar-refractivity contribution in [1.82, 2.24) is 20.0 Å². The largest absolute Gasteiger partial charge is 0.421 e. The summed E-state index contributed by atoms with van der Waals surface area (Å²) in [6, 6.07) is 10.8. The molecule has 0 aliphatic carbocycles. The Morgan fingerprint density at radius 3 is 2.53 bits per heavy atom. The van der Waals surface area contributed by atoms with Gasteiger partial charge in [0.15, 0.2) is 0 Å². The Morgan fingerprint density at radius 2 is 1.87 bits per heavy atom. The molecule has 0 N–H and O–H groups in total. The third-order valence-corrected chi connectivity index (χ3v) is 6.25. The van der Waals surface area contributed by atoms with E-state index in [2.05, 4.69) is 53.2 Å². The number of hydrogen-bond acceptors (Lipinski definition) is 6. The summed E-state index contributed by atoms with van der Waals surface area (Å²) in [6.45, 7) is 8.72. The number of hydrogen-bond donors (Lipinski definition) is 0. The van der Waals surface area contributed by atoms with E-state index in [9.17, 15) is 4.79 Å². The summed E-state index contributed by atoms with van der Waals surface area (Å²) in [5.74, 6) is 1.76. The topological polar surface area (TPSA) is 62.5 Å². The van der Waals surface area contributed by atoms with Gasteiger partial charge < -0.3 is 9.32 Å². The summed E-state index contributed by atoms with van der Waals surface area (Å²) in [5, 5.41) is 12.1. The first kappa shape index (κ1) is 20.8. The van der Waals surface area contributed by atoms with Crippen LogP contribution >= 0.6 is 11.3 Å². The van der Waals surface area contributed by atoms with Gasteiger partial charge in [-0.25, -0.2) is 0 Å². The second-order valence-corrected chi connectivity index (χ2v) is 8.85.